The van der Waals surface area contributed by atoms with Gasteiger partial charge in [-0.25, -0.2) is 4.39 Å². The lowest BCUT2D eigenvalue weighted by Gasteiger charge is -2.24. The predicted molar refractivity (Wildman–Crippen MR) is 86.3 cm³/mol. The molecule has 1 aromatic carbocycles. The van der Waals surface area contributed by atoms with Gasteiger partial charge < -0.3 is 10.2 Å². The third-order valence-electron chi connectivity index (χ3n) is 3.80. The Morgan fingerprint density at radius 1 is 1.45 bits per heavy atom. The molecule has 0 bridgehead atoms. The Bertz CT molecular complexity index is 641. The second-order valence-corrected chi connectivity index (χ2v) is 7.38. The van der Waals surface area contributed by atoms with E-state index in [9.17, 15) is 19.4 Å². The highest BCUT2D eigenvalue weighted by molar-refractivity contribution is 8.14. The average molecular weight is 342 g/mol. The van der Waals surface area contributed by atoms with Gasteiger partial charge in [-0.1, -0.05) is 0 Å². The smallest absolute Gasteiger partial charge is 0.321 e. The van der Waals surface area contributed by atoms with Gasteiger partial charge in [0, 0.05) is 23.1 Å². The number of thioether (sulfide) groups is 2. The summed E-state index contributed by atoms with van der Waals surface area (Å²) in [6.07, 6.45) is 0. The summed E-state index contributed by atoms with van der Waals surface area (Å²) in [5, 5.41) is 19.7. The van der Waals surface area contributed by atoms with Crippen LogP contribution in [-0.2, 0) is 4.79 Å². The van der Waals surface area contributed by atoms with Crippen LogP contribution < -0.4 is 0 Å². The summed E-state index contributed by atoms with van der Waals surface area (Å²) in [7, 11) is 1.80. The lowest BCUT2D eigenvalue weighted by Crippen LogP contribution is -2.42. The number of halogens is 1. The molecule has 0 radical (unpaired) electrons. The number of aliphatic carboxylic acids is 1. The van der Waals surface area contributed by atoms with E-state index in [4.69, 9.17) is 0 Å². The molecule has 2 aliphatic rings. The Kier molecular flexibility index (Phi) is 4.33. The summed E-state index contributed by atoms with van der Waals surface area (Å²) in [6.45, 7) is 0. The van der Waals surface area contributed by atoms with Gasteiger partial charge in [0.1, 0.15) is 22.7 Å². The summed E-state index contributed by atoms with van der Waals surface area (Å²) in [6, 6.07) is 3.36. The standard InChI is InChI=1S/C14H15FN2O3S2/c1-17-10(14(19)20)6-22-13(17)9-5-21-12(16-9)8-3-2-7(15)4-11(8)18/h2-4,9-10,13,18H,5-6H2,1H3,(H,19,20)/t9-,10+,13+/m0/s1. The fourth-order valence-electron chi connectivity index (χ4n) is 2.60. The van der Waals surface area contributed by atoms with Gasteiger partial charge in [0.15, 0.2) is 0 Å². The number of carboxylic acids is 1. The summed E-state index contributed by atoms with van der Waals surface area (Å²) in [5.74, 6) is -0.159. The molecule has 1 fully saturated rings. The first-order chi connectivity index (χ1) is 10.5. The maximum Gasteiger partial charge on any atom is 0.321 e. The van der Waals surface area contributed by atoms with Crippen LogP contribution in [0.15, 0.2) is 23.2 Å². The molecule has 3 rings (SSSR count). The number of carboxylic acid groups (broad SMARTS) is 1. The van der Waals surface area contributed by atoms with Crippen LogP contribution in [0, 0.1) is 5.82 Å². The molecular formula is C14H15FN2O3S2. The second-order valence-electron chi connectivity index (χ2n) is 5.22. The van der Waals surface area contributed by atoms with E-state index in [1.807, 2.05) is 4.90 Å². The topological polar surface area (TPSA) is 73.1 Å². The number of benzene rings is 1. The van der Waals surface area contributed by atoms with E-state index < -0.39 is 17.8 Å². The van der Waals surface area contributed by atoms with Crippen LogP contribution in [0.5, 0.6) is 5.75 Å². The average Bonchev–Trinajstić information content (AvgIpc) is 3.05. The predicted octanol–water partition coefficient (Wildman–Crippen LogP) is 1.85. The Balaban J connectivity index is 1.79. The summed E-state index contributed by atoms with van der Waals surface area (Å²) in [4.78, 5) is 17.6. The van der Waals surface area contributed by atoms with Gasteiger partial charge in [0.2, 0.25) is 0 Å². The molecule has 0 aromatic heterocycles. The SMILES string of the molecule is CN1[C@@H](C(=O)O)CS[C@@H]1[C@@H]1CSC(c2ccc(F)cc2O)=N1. The highest BCUT2D eigenvalue weighted by Gasteiger charge is 2.41. The number of hydrogen-bond acceptors (Lipinski definition) is 6. The maximum atomic E-state index is 13.1. The normalized spacial score (nSPS) is 28.8. The van der Waals surface area contributed by atoms with Crippen molar-refractivity contribution in [1.82, 2.24) is 4.90 Å². The Hall–Kier alpha value is -1.25. The second kappa shape index (κ2) is 6.10. The molecule has 3 atom stereocenters. The highest BCUT2D eigenvalue weighted by atomic mass is 32.2. The van der Waals surface area contributed by atoms with Crippen LogP contribution in [-0.4, -0.2) is 62.1 Å². The summed E-state index contributed by atoms with van der Waals surface area (Å²) >= 11 is 3.09. The van der Waals surface area contributed by atoms with Crippen LogP contribution >= 0.6 is 23.5 Å². The molecule has 0 spiro atoms. The minimum absolute atomic E-state index is 0.00805. The Labute approximate surface area is 135 Å². The van der Waals surface area contributed by atoms with Gasteiger partial charge in [0.05, 0.1) is 11.4 Å². The molecule has 1 aromatic rings. The molecule has 2 aliphatic heterocycles. The van der Waals surface area contributed by atoms with Gasteiger partial charge >= 0.3 is 5.97 Å². The monoisotopic (exact) mass is 342 g/mol. The fourth-order valence-corrected chi connectivity index (χ4v) is 5.36. The van der Waals surface area contributed by atoms with Crippen molar-refractivity contribution in [3.63, 3.8) is 0 Å². The number of phenolic OH excluding ortho intramolecular Hbond substituents is 1. The number of rotatable bonds is 3. The zero-order chi connectivity index (χ0) is 15.9. The lowest BCUT2D eigenvalue weighted by atomic mass is 10.2. The van der Waals surface area contributed by atoms with E-state index in [1.54, 1.807) is 18.8 Å². The third-order valence-corrected chi connectivity index (χ3v) is 6.40. The van der Waals surface area contributed by atoms with Gasteiger partial charge in [-0.15, -0.1) is 23.5 Å². The summed E-state index contributed by atoms with van der Waals surface area (Å²) in [5.41, 5.74) is 0.523. The zero-order valence-corrected chi connectivity index (χ0v) is 13.4. The largest absolute Gasteiger partial charge is 0.507 e. The Morgan fingerprint density at radius 2 is 2.23 bits per heavy atom. The molecule has 0 saturated carbocycles. The van der Waals surface area contributed by atoms with Crippen molar-refractivity contribution in [3.05, 3.63) is 29.6 Å². The van der Waals surface area contributed by atoms with E-state index in [2.05, 4.69) is 4.99 Å². The number of aromatic hydroxyl groups is 1. The van der Waals surface area contributed by atoms with Gasteiger partial charge in [-0.3, -0.25) is 14.7 Å². The minimum atomic E-state index is -0.816. The van der Waals surface area contributed by atoms with Gasteiger partial charge in [-0.2, -0.15) is 0 Å². The van der Waals surface area contributed by atoms with E-state index in [0.29, 0.717) is 16.4 Å². The number of carbonyl (C=O) groups is 1. The van der Waals surface area contributed by atoms with Crippen molar-refractivity contribution in [2.24, 2.45) is 4.99 Å². The van der Waals surface area contributed by atoms with Gasteiger partial charge in [0.25, 0.3) is 0 Å². The number of likely N-dealkylation sites (N-methyl/N-ethyl adjacent to an activating group) is 1. The molecule has 118 valence electrons. The van der Waals surface area contributed by atoms with Crippen molar-refractivity contribution in [2.45, 2.75) is 17.5 Å². The first kappa shape index (κ1) is 15.6. The maximum absolute atomic E-state index is 13.1. The van der Waals surface area contributed by atoms with E-state index in [1.165, 1.54) is 23.9 Å². The minimum Gasteiger partial charge on any atom is -0.507 e. The van der Waals surface area contributed by atoms with E-state index in [-0.39, 0.29) is 17.2 Å². The number of hydrogen-bond donors (Lipinski definition) is 2. The Morgan fingerprint density at radius 3 is 2.86 bits per heavy atom. The van der Waals surface area contributed by atoms with Crippen LogP contribution in [0.4, 0.5) is 4.39 Å². The summed E-state index contributed by atoms with van der Waals surface area (Å²) < 4.78 is 13.1. The first-order valence-electron chi connectivity index (χ1n) is 6.73. The molecule has 0 aliphatic carbocycles. The van der Waals surface area contributed by atoms with Crippen molar-refractivity contribution < 1.29 is 19.4 Å². The first-order valence-corrected chi connectivity index (χ1v) is 8.76. The van der Waals surface area contributed by atoms with Crippen LogP contribution in [0.3, 0.4) is 0 Å². The quantitative estimate of drug-likeness (QED) is 0.873. The molecular weight excluding hydrogens is 327 g/mol. The molecule has 22 heavy (non-hydrogen) atoms. The van der Waals surface area contributed by atoms with Crippen molar-refractivity contribution >= 4 is 34.5 Å². The van der Waals surface area contributed by atoms with Crippen molar-refractivity contribution in [2.75, 3.05) is 18.6 Å². The van der Waals surface area contributed by atoms with Crippen LogP contribution in [0.1, 0.15) is 5.56 Å². The number of aliphatic imine (C=N–C) groups is 1. The molecule has 0 unspecified atom stereocenters. The third kappa shape index (κ3) is 2.82. The molecule has 2 heterocycles. The number of phenols is 1. The molecule has 1 saturated heterocycles. The van der Waals surface area contributed by atoms with E-state index in [0.717, 1.165) is 11.8 Å². The number of nitrogens with zero attached hydrogens (tertiary/aromatic N) is 2. The van der Waals surface area contributed by atoms with Crippen molar-refractivity contribution in [3.8, 4) is 5.75 Å². The highest BCUT2D eigenvalue weighted by Crippen LogP contribution is 2.37. The van der Waals surface area contributed by atoms with Crippen LogP contribution in [0.25, 0.3) is 0 Å². The molecule has 8 heteroatoms. The van der Waals surface area contributed by atoms with E-state index >= 15 is 0 Å². The molecule has 2 N–H and O–H groups in total. The van der Waals surface area contributed by atoms with Crippen molar-refractivity contribution in [1.29, 1.82) is 0 Å². The molecule has 5 nitrogen and oxygen atoms in total. The fraction of sp³-hybridized carbons (Fsp3) is 0.429. The zero-order valence-electron chi connectivity index (χ0n) is 11.8. The molecule has 0 amide bonds. The van der Waals surface area contributed by atoms with Crippen LogP contribution in [0.2, 0.25) is 0 Å². The van der Waals surface area contributed by atoms with Gasteiger partial charge in [-0.05, 0) is 19.2 Å². The lowest BCUT2D eigenvalue weighted by molar-refractivity contribution is -0.141.